The van der Waals surface area contributed by atoms with E-state index >= 15 is 0 Å². The quantitative estimate of drug-likeness (QED) is 0.174. The average Bonchev–Trinajstić information content (AvgIpc) is 2.97. The summed E-state index contributed by atoms with van der Waals surface area (Å²) in [6, 6.07) is 22.6. The second-order valence-electron chi connectivity index (χ2n) is 10.3. The van der Waals surface area contributed by atoms with Gasteiger partial charge in [-0.15, -0.1) is 0 Å². The number of carbonyl (C=O) groups is 1. The number of amides is 1. The largest absolute Gasteiger partial charge is 0.461 e. The van der Waals surface area contributed by atoms with Crippen LogP contribution in [0, 0.1) is 11.6 Å². The molecule has 0 aliphatic carbocycles. The van der Waals surface area contributed by atoms with Crippen molar-refractivity contribution in [2.75, 3.05) is 14.1 Å². The molecule has 0 saturated carbocycles. The van der Waals surface area contributed by atoms with Crippen LogP contribution in [0.2, 0.25) is 0 Å². The first-order valence-electron chi connectivity index (χ1n) is 13.6. The first kappa shape index (κ1) is 36.0. The lowest BCUT2D eigenvalue weighted by Gasteiger charge is -2.21. The summed E-state index contributed by atoms with van der Waals surface area (Å²) in [6.07, 6.45) is -13.0. The molecule has 46 heavy (non-hydrogen) atoms. The minimum absolute atomic E-state index is 0.249. The predicted octanol–water partition coefficient (Wildman–Crippen LogP) is 8.68. The van der Waals surface area contributed by atoms with Crippen LogP contribution in [-0.4, -0.2) is 37.4 Å². The summed E-state index contributed by atoms with van der Waals surface area (Å²) in [5.41, 5.74) is 1.17. The van der Waals surface area contributed by atoms with Gasteiger partial charge in [0.25, 0.3) is 5.91 Å². The average molecular weight is 657 g/mol. The number of hydrogen-bond acceptors (Lipinski definition) is 3. The van der Waals surface area contributed by atoms with Crippen LogP contribution >= 0.6 is 0 Å². The molecule has 4 aromatic rings. The molecule has 1 N–H and O–H groups in total. The lowest BCUT2D eigenvalue weighted by Crippen LogP contribution is -2.33. The van der Waals surface area contributed by atoms with Crippen LogP contribution in [0.3, 0.4) is 0 Å². The van der Waals surface area contributed by atoms with Gasteiger partial charge < -0.3 is 15.0 Å². The minimum atomic E-state index is -4.88. The zero-order valence-corrected chi connectivity index (χ0v) is 24.5. The van der Waals surface area contributed by atoms with E-state index in [1.165, 1.54) is 0 Å². The fourth-order valence-electron chi connectivity index (χ4n) is 4.18. The first-order chi connectivity index (χ1) is 21.5. The van der Waals surface area contributed by atoms with Gasteiger partial charge in [-0.1, -0.05) is 60.7 Å². The monoisotopic (exact) mass is 656 g/mol. The number of nitrogens with zero attached hydrogens (tertiary/aromatic N) is 1. The van der Waals surface area contributed by atoms with Crippen LogP contribution in [0.1, 0.15) is 38.7 Å². The topological polar surface area (TPSA) is 41.6 Å². The van der Waals surface area contributed by atoms with Gasteiger partial charge in [-0.3, -0.25) is 4.79 Å². The summed E-state index contributed by atoms with van der Waals surface area (Å²) < 4.78 is 117. The smallest absolute Gasteiger partial charge is 0.428 e. The maximum absolute atomic E-state index is 13.6. The summed E-state index contributed by atoms with van der Waals surface area (Å²) in [4.78, 5) is 14.8. The van der Waals surface area contributed by atoms with Crippen molar-refractivity contribution in [3.8, 4) is 5.75 Å². The lowest BCUT2D eigenvalue weighted by molar-refractivity contribution is -0.253. The number of carbonyl (C=O) groups excluding carboxylic acids is 1. The second kappa shape index (κ2) is 15.7. The summed E-state index contributed by atoms with van der Waals surface area (Å²) >= 11 is 0. The Balaban J connectivity index is 0.000000344. The fraction of sp³-hybridized carbons (Fsp3) is 0.242. The van der Waals surface area contributed by atoms with E-state index < -0.39 is 53.6 Å². The Hall–Kier alpha value is -4.52. The van der Waals surface area contributed by atoms with E-state index in [0.717, 1.165) is 47.5 Å². The van der Waals surface area contributed by atoms with Gasteiger partial charge in [-0.05, 0) is 67.5 Å². The minimum Gasteiger partial charge on any atom is -0.428 e. The molecular weight excluding hydrogens is 627 g/mol. The number of ether oxygens (including phenoxy) is 1. The van der Waals surface area contributed by atoms with Crippen molar-refractivity contribution >= 4 is 5.91 Å². The molecule has 4 aromatic carbocycles. The van der Waals surface area contributed by atoms with E-state index in [4.69, 9.17) is 0 Å². The molecule has 4 rings (SSSR count). The second-order valence-corrected chi connectivity index (χ2v) is 10.3. The predicted molar refractivity (Wildman–Crippen MR) is 154 cm³/mol. The maximum Gasteiger partial charge on any atom is 0.461 e. The Morgan fingerprint density at radius 3 is 2.02 bits per heavy atom. The fourth-order valence-corrected chi connectivity index (χ4v) is 4.18. The van der Waals surface area contributed by atoms with Gasteiger partial charge in [-0.2, -0.15) is 30.7 Å². The Kier molecular flexibility index (Phi) is 12.2. The van der Waals surface area contributed by atoms with Crippen molar-refractivity contribution in [1.82, 2.24) is 10.2 Å². The molecule has 13 heteroatoms. The molecule has 0 unspecified atom stereocenters. The molecule has 0 fully saturated rings. The van der Waals surface area contributed by atoms with Crippen molar-refractivity contribution in [3.63, 3.8) is 0 Å². The molecule has 0 aliphatic heterocycles. The number of nitrogens with one attached hydrogen (secondary N) is 1. The molecular formula is C33H29F9N2O2. The zero-order chi connectivity index (χ0) is 34.1. The van der Waals surface area contributed by atoms with Crippen molar-refractivity contribution in [2.24, 2.45) is 0 Å². The Morgan fingerprint density at radius 2 is 1.46 bits per heavy atom. The maximum atomic E-state index is 13.6. The highest BCUT2D eigenvalue weighted by molar-refractivity contribution is 5.94. The summed E-state index contributed by atoms with van der Waals surface area (Å²) in [7, 11) is 3.93. The molecule has 0 aromatic heterocycles. The van der Waals surface area contributed by atoms with E-state index in [1.807, 2.05) is 73.6 Å². The molecule has 0 spiro atoms. The van der Waals surface area contributed by atoms with Crippen molar-refractivity contribution < 1.29 is 49.0 Å². The number of halogens is 9. The summed E-state index contributed by atoms with van der Waals surface area (Å²) in [5.74, 6) is -3.59. The molecule has 4 nitrogen and oxygen atoms in total. The van der Waals surface area contributed by atoms with Gasteiger partial charge in [0.1, 0.15) is 17.4 Å². The van der Waals surface area contributed by atoms with Gasteiger partial charge in [-0.25, -0.2) is 8.78 Å². The van der Waals surface area contributed by atoms with Crippen molar-refractivity contribution in [2.45, 2.75) is 37.7 Å². The van der Waals surface area contributed by atoms with Crippen LogP contribution in [0.5, 0.6) is 5.75 Å². The molecule has 0 saturated heterocycles. The van der Waals surface area contributed by atoms with Gasteiger partial charge in [0, 0.05) is 18.2 Å². The highest BCUT2D eigenvalue weighted by Gasteiger charge is 2.44. The highest BCUT2D eigenvalue weighted by atomic mass is 19.4. The normalized spacial score (nSPS) is 12.4. The zero-order valence-electron chi connectivity index (χ0n) is 24.5. The van der Waals surface area contributed by atoms with E-state index in [2.05, 4.69) is 10.1 Å². The molecule has 1 amide bonds. The van der Waals surface area contributed by atoms with Crippen molar-refractivity contribution in [3.05, 3.63) is 137 Å². The summed E-state index contributed by atoms with van der Waals surface area (Å²) in [6.45, 7) is 0.756. The number of benzene rings is 4. The number of alkyl halides is 7. The van der Waals surface area contributed by atoms with Gasteiger partial charge in [0.15, 0.2) is 0 Å². The van der Waals surface area contributed by atoms with Crippen LogP contribution in [0.25, 0.3) is 0 Å². The van der Waals surface area contributed by atoms with E-state index in [-0.39, 0.29) is 5.56 Å². The van der Waals surface area contributed by atoms with Gasteiger partial charge in [0.2, 0.25) is 0 Å². The standard InChI is InChI=1S/C25H24F4N2O.C8H5F5O/c1-31(2)16-18-8-10-19(11-9-18)23(14-17-6-4-3-5-7-17)30-24(32)20-12-13-22(26)21(15-20)25(27,28)29;9-5-2-1-3-6(4-5)14-8(12,13)7(10)11/h3-13,15,23H,14,16H2,1-2H3,(H,30,32);1-4,7H/t23-;/m1./s1. The van der Waals surface area contributed by atoms with Crippen LogP contribution in [-0.2, 0) is 19.1 Å². The van der Waals surface area contributed by atoms with Gasteiger partial charge in [0.05, 0.1) is 11.6 Å². The summed E-state index contributed by atoms with van der Waals surface area (Å²) in [5, 5.41) is 2.82. The third-order valence-corrected chi connectivity index (χ3v) is 6.31. The molecule has 0 heterocycles. The number of hydrogen-bond donors (Lipinski definition) is 1. The highest BCUT2D eigenvalue weighted by Crippen LogP contribution is 2.32. The molecule has 0 bridgehead atoms. The van der Waals surface area contributed by atoms with Crippen LogP contribution in [0.4, 0.5) is 39.5 Å². The van der Waals surface area contributed by atoms with E-state index in [9.17, 15) is 44.3 Å². The SMILES string of the molecule is CN(C)Cc1ccc([C@@H](Cc2ccccc2)NC(=O)c2ccc(F)c(C(F)(F)F)c2)cc1.Fc1cccc(OC(F)(F)C(F)F)c1. The Labute approximate surface area is 259 Å². The van der Waals surface area contributed by atoms with Crippen LogP contribution < -0.4 is 10.1 Å². The molecule has 0 aliphatic rings. The molecule has 1 atom stereocenters. The van der Waals surface area contributed by atoms with Crippen molar-refractivity contribution in [1.29, 1.82) is 0 Å². The Morgan fingerprint density at radius 1 is 0.804 bits per heavy atom. The molecule has 246 valence electrons. The third kappa shape index (κ3) is 10.8. The van der Waals surface area contributed by atoms with Gasteiger partial charge >= 0.3 is 18.7 Å². The number of rotatable bonds is 10. The first-order valence-corrected chi connectivity index (χ1v) is 13.6. The van der Waals surface area contributed by atoms with E-state index in [1.54, 1.807) is 0 Å². The Bertz CT molecular complexity index is 1560. The molecule has 0 radical (unpaired) electrons. The van der Waals surface area contributed by atoms with Crippen LogP contribution in [0.15, 0.2) is 97.1 Å². The lowest BCUT2D eigenvalue weighted by atomic mass is 9.97. The third-order valence-electron chi connectivity index (χ3n) is 6.31. The van der Waals surface area contributed by atoms with E-state index in [0.29, 0.717) is 24.6 Å².